The van der Waals surface area contributed by atoms with Crippen molar-refractivity contribution < 1.29 is 5.11 Å². The normalized spacial score (nSPS) is 10.1. The molecular formula is C8H10BrNO. The van der Waals surface area contributed by atoms with Gasteiger partial charge in [0.1, 0.15) is 5.75 Å². The largest absolute Gasteiger partial charge is 0.506 e. The van der Waals surface area contributed by atoms with E-state index in [0.29, 0.717) is 5.69 Å². The van der Waals surface area contributed by atoms with Gasteiger partial charge in [0, 0.05) is 4.47 Å². The van der Waals surface area contributed by atoms with Crippen LogP contribution in [0.3, 0.4) is 0 Å². The fraction of sp³-hybridized carbons (Fsp3) is 0.250. The van der Waals surface area contributed by atoms with Crippen molar-refractivity contribution >= 4 is 21.6 Å². The monoisotopic (exact) mass is 215 g/mol. The molecule has 0 bridgehead atoms. The van der Waals surface area contributed by atoms with Crippen molar-refractivity contribution in [3.8, 4) is 5.75 Å². The molecule has 0 aromatic heterocycles. The zero-order valence-corrected chi connectivity index (χ0v) is 8.07. The van der Waals surface area contributed by atoms with Crippen LogP contribution in [-0.4, -0.2) is 5.11 Å². The Labute approximate surface area is 74.2 Å². The van der Waals surface area contributed by atoms with Gasteiger partial charge in [-0.25, -0.2) is 0 Å². The summed E-state index contributed by atoms with van der Waals surface area (Å²) >= 11 is 3.37. The van der Waals surface area contributed by atoms with E-state index in [1.165, 1.54) is 0 Å². The molecule has 1 rings (SSSR count). The highest BCUT2D eigenvalue weighted by Crippen LogP contribution is 2.32. The van der Waals surface area contributed by atoms with Crippen LogP contribution in [-0.2, 0) is 0 Å². The van der Waals surface area contributed by atoms with E-state index in [4.69, 9.17) is 5.73 Å². The molecule has 0 heterocycles. The van der Waals surface area contributed by atoms with Crippen molar-refractivity contribution in [2.75, 3.05) is 5.73 Å². The van der Waals surface area contributed by atoms with Crippen LogP contribution in [0, 0.1) is 13.8 Å². The maximum atomic E-state index is 9.26. The maximum absolute atomic E-state index is 9.26. The van der Waals surface area contributed by atoms with E-state index >= 15 is 0 Å². The van der Waals surface area contributed by atoms with Crippen LogP contribution in [0.2, 0.25) is 0 Å². The average Bonchev–Trinajstić information content (AvgIpc) is 1.97. The first-order chi connectivity index (χ1) is 5.04. The van der Waals surface area contributed by atoms with E-state index in [-0.39, 0.29) is 5.75 Å². The number of hydrogen-bond acceptors (Lipinski definition) is 2. The number of phenols is 1. The molecule has 0 atom stereocenters. The molecule has 0 aliphatic carbocycles. The molecular weight excluding hydrogens is 206 g/mol. The molecule has 3 heteroatoms. The summed E-state index contributed by atoms with van der Waals surface area (Å²) in [5.41, 5.74) is 7.90. The highest BCUT2D eigenvalue weighted by atomic mass is 79.9. The summed E-state index contributed by atoms with van der Waals surface area (Å²) in [7, 11) is 0. The Balaban J connectivity index is 3.46. The number of halogens is 1. The smallest absolute Gasteiger partial charge is 0.139 e. The molecule has 0 spiro atoms. The van der Waals surface area contributed by atoms with Crippen molar-refractivity contribution in [3.63, 3.8) is 0 Å². The van der Waals surface area contributed by atoms with E-state index in [1.807, 2.05) is 13.8 Å². The second kappa shape index (κ2) is 2.74. The summed E-state index contributed by atoms with van der Waals surface area (Å²) in [6, 6.07) is 1.65. The summed E-state index contributed by atoms with van der Waals surface area (Å²) in [5.74, 6) is 0.156. The lowest BCUT2D eigenvalue weighted by atomic mass is 10.1. The van der Waals surface area contributed by atoms with Crippen molar-refractivity contribution in [2.24, 2.45) is 0 Å². The number of aromatic hydroxyl groups is 1. The van der Waals surface area contributed by atoms with E-state index in [2.05, 4.69) is 15.9 Å². The van der Waals surface area contributed by atoms with Gasteiger partial charge in [-0.05, 0) is 31.0 Å². The third-order valence-corrected chi connectivity index (χ3v) is 2.93. The van der Waals surface area contributed by atoms with Gasteiger partial charge in [0.2, 0.25) is 0 Å². The van der Waals surface area contributed by atoms with E-state index in [0.717, 1.165) is 15.6 Å². The Kier molecular flexibility index (Phi) is 2.09. The predicted octanol–water partition coefficient (Wildman–Crippen LogP) is 2.35. The molecule has 60 valence electrons. The fourth-order valence-corrected chi connectivity index (χ4v) is 1.28. The maximum Gasteiger partial charge on any atom is 0.139 e. The minimum Gasteiger partial charge on any atom is -0.506 e. The van der Waals surface area contributed by atoms with E-state index in [9.17, 15) is 5.11 Å². The first kappa shape index (κ1) is 8.40. The highest BCUT2D eigenvalue weighted by Gasteiger charge is 2.06. The first-order valence-electron chi connectivity index (χ1n) is 3.28. The first-order valence-corrected chi connectivity index (χ1v) is 4.07. The molecule has 3 N–H and O–H groups in total. The minimum atomic E-state index is 0.156. The fourth-order valence-electron chi connectivity index (χ4n) is 0.952. The third-order valence-electron chi connectivity index (χ3n) is 1.71. The Morgan fingerprint density at radius 1 is 1.45 bits per heavy atom. The van der Waals surface area contributed by atoms with Gasteiger partial charge in [-0.3, -0.25) is 0 Å². The van der Waals surface area contributed by atoms with Gasteiger partial charge in [0.15, 0.2) is 0 Å². The van der Waals surface area contributed by atoms with Gasteiger partial charge < -0.3 is 10.8 Å². The van der Waals surface area contributed by atoms with Crippen LogP contribution in [0.25, 0.3) is 0 Å². The molecule has 1 aromatic rings. The average molecular weight is 216 g/mol. The Morgan fingerprint density at radius 3 is 2.55 bits per heavy atom. The lowest BCUT2D eigenvalue weighted by molar-refractivity contribution is 0.477. The quantitative estimate of drug-likeness (QED) is 0.516. The number of nitrogen functional groups attached to an aromatic ring is 1. The van der Waals surface area contributed by atoms with Gasteiger partial charge in [-0.1, -0.05) is 15.9 Å². The molecule has 0 radical (unpaired) electrons. The predicted molar refractivity (Wildman–Crippen MR) is 49.7 cm³/mol. The minimum absolute atomic E-state index is 0.156. The Hall–Kier alpha value is -0.700. The van der Waals surface area contributed by atoms with Crippen LogP contribution in [0.15, 0.2) is 10.5 Å². The SMILES string of the molecule is Cc1cc(O)c(N)c(C)c1Br. The number of rotatable bonds is 0. The molecule has 0 saturated carbocycles. The molecule has 11 heavy (non-hydrogen) atoms. The number of anilines is 1. The van der Waals surface area contributed by atoms with Crippen molar-refractivity contribution in [1.82, 2.24) is 0 Å². The summed E-state index contributed by atoms with van der Waals surface area (Å²) < 4.78 is 0.966. The van der Waals surface area contributed by atoms with Gasteiger partial charge in [0.05, 0.1) is 5.69 Å². The van der Waals surface area contributed by atoms with Crippen molar-refractivity contribution in [1.29, 1.82) is 0 Å². The molecule has 0 saturated heterocycles. The van der Waals surface area contributed by atoms with Gasteiger partial charge in [-0.15, -0.1) is 0 Å². The van der Waals surface area contributed by atoms with Gasteiger partial charge >= 0.3 is 0 Å². The highest BCUT2D eigenvalue weighted by molar-refractivity contribution is 9.10. The summed E-state index contributed by atoms with van der Waals surface area (Å²) in [6.45, 7) is 3.78. The molecule has 1 aromatic carbocycles. The topological polar surface area (TPSA) is 46.2 Å². The second-order valence-corrected chi connectivity index (χ2v) is 3.36. The van der Waals surface area contributed by atoms with Crippen molar-refractivity contribution in [3.05, 3.63) is 21.7 Å². The zero-order valence-electron chi connectivity index (χ0n) is 6.48. The molecule has 0 unspecified atom stereocenters. The van der Waals surface area contributed by atoms with Gasteiger partial charge in [0.25, 0.3) is 0 Å². The number of aryl methyl sites for hydroxylation is 1. The summed E-state index contributed by atoms with van der Waals surface area (Å²) in [4.78, 5) is 0. The number of phenolic OH excluding ortho intramolecular Hbond substituents is 1. The van der Waals surface area contributed by atoms with Crippen LogP contribution in [0.5, 0.6) is 5.75 Å². The molecule has 0 amide bonds. The van der Waals surface area contributed by atoms with Gasteiger partial charge in [-0.2, -0.15) is 0 Å². The lowest BCUT2D eigenvalue weighted by Gasteiger charge is -2.07. The van der Waals surface area contributed by atoms with Crippen LogP contribution in [0.1, 0.15) is 11.1 Å². The molecule has 0 aliphatic heterocycles. The standard InChI is InChI=1S/C8H10BrNO/c1-4-3-6(11)8(10)5(2)7(4)9/h3,11H,10H2,1-2H3. The summed E-state index contributed by atoms with van der Waals surface area (Å²) in [6.07, 6.45) is 0. The van der Waals surface area contributed by atoms with Crippen molar-refractivity contribution in [2.45, 2.75) is 13.8 Å². The molecule has 0 aliphatic rings. The number of nitrogens with two attached hydrogens (primary N) is 1. The third kappa shape index (κ3) is 1.33. The summed E-state index contributed by atoms with van der Waals surface area (Å²) in [5, 5.41) is 9.26. The zero-order chi connectivity index (χ0) is 8.59. The molecule has 0 fully saturated rings. The second-order valence-electron chi connectivity index (χ2n) is 2.57. The van der Waals surface area contributed by atoms with Crippen LogP contribution < -0.4 is 5.73 Å². The Bertz CT molecular complexity index is 270. The van der Waals surface area contributed by atoms with Crippen LogP contribution >= 0.6 is 15.9 Å². The lowest BCUT2D eigenvalue weighted by Crippen LogP contribution is -1.92. The number of hydrogen-bond donors (Lipinski definition) is 2. The van der Waals surface area contributed by atoms with E-state index in [1.54, 1.807) is 6.07 Å². The Morgan fingerprint density at radius 2 is 2.00 bits per heavy atom. The molecule has 2 nitrogen and oxygen atoms in total. The van der Waals surface area contributed by atoms with E-state index < -0.39 is 0 Å². The van der Waals surface area contributed by atoms with Crippen LogP contribution in [0.4, 0.5) is 5.69 Å². The number of benzene rings is 1.